The summed E-state index contributed by atoms with van der Waals surface area (Å²) in [7, 11) is 0. The molecule has 8 heteroatoms. The molecule has 2 aliphatic heterocycles. The first-order chi connectivity index (χ1) is 16.1. The average Bonchev–Trinajstić information content (AvgIpc) is 3.53. The molecule has 0 radical (unpaired) electrons. The van der Waals surface area contributed by atoms with E-state index in [1.54, 1.807) is 34.4 Å². The summed E-state index contributed by atoms with van der Waals surface area (Å²) in [4.78, 5) is 31.3. The van der Waals surface area contributed by atoms with Crippen LogP contribution in [-0.2, 0) is 14.5 Å². The summed E-state index contributed by atoms with van der Waals surface area (Å²) in [6.07, 6.45) is 0. The van der Waals surface area contributed by atoms with Crippen LogP contribution in [0.1, 0.15) is 5.56 Å². The van der Waals surface area contributed by atoms with Gasteiger partial charge in [0, 0.05) is 38.5 Å². The molecule has 6 rings (SSSR count). The van der Waals surface area contributed by atoms with Gasteiger partial charge in [-0.3, -0.25) is 14.5 Å². The van der Waals surface area contributed by atoms with E-state index in [9.17, 15) is 9.59 Å². The predicted octanol–water partition coefficient (Wildman–Crippen LogP) is 6.02. The third-order valence-electron chi connectivity index (χ3n) is 5.82. The van der Waals surface area contributed by atoms with E-state index in [1.165, 1.54) is 11.8 Å². The van der Waals surface area contributed by atoms with Gasteiger partial charge in [-0.25, -0.2) is 4.98 Å². The molecule has 1 spiro atoms. The molecule has 0 aliphatic carbocycles. The van der Waals surface area contributed by atoms with Gasteiger partial charge in [0.1, 0.15) is 5.01 Å². The van der Waals surface area contributed by atoms with Crippen molar-refractivity contribution in [3.8, 4) is 21.8 Å². The van der Waals surface area contributed by atoms with E-state index in [1.807, 2.05) is 60.0 Å². The summed E-state index contributed by atoms with van der Waals surface area (Å²) < 4.78 is 0. The molecule has 5 nitrogen and oxygen atoms in total. The van der Waals surface area contributed by atoms with Crippen LogP contribution < -0.4 is 10.2 Å². The molecule has 3 heterocycles. The second kappa shape index (κ2) is 7.73. The summed E-state index contributed by atoms with van der Waals surface area (Å²) >= 11 is 9.15. The van der Waals surface area contributed by atoms with Crippen LogP contribution in [0.5, 0.6) is 0 Å². The summed E-state index contributed by atoms with van der Waals surface area (Å²) in [5.74, 6) is -0.129. The van der Waals surface area contributed by atoms with Gasteiger partial charge in [-0.2, -0.15) is 0 Å². The average molecular weight is 490 g/mol. The van der Waals surface area contributed by atoms with Crippen molar-refractivity contribution in [3.63, 3.8) is 0 Å². The largest absolute Gasteiger partial charge is 0.323 e. The normalized spacial score (nSPS) is 19.2. The fraction of sp³-hybridized carbons (Fsp3) is 0.0800. The lowest BCUT2D eigenvalue weighted by molar-refractivity contribution is -0.122. The first-order valence-electron chi connectivity index (χ1n) is 10.3. The molecule has 1 unspecified atom stereocenters. The Balaban J connectivity index is 1.36. The number of carbonyl (C=O) groups excluding carboxylic acids is 2. The molecule has 4 aromatic rings. The molecule has 1 N–H and O–H groups in total. The second-order valence-electron chi connectivity index (χ2n) is 7.76. The highest BCUT2D eigenvalue weighted by Crippen LogP contribution is 2.54. The Morgan fingerprint density at radius 2 is 1.76 bits per heavy atom. The van der Waals surface area contributed by atoms with Crippen molar-refractivity contribution >= 4 is 57.9 Å². The number of nitrogens with one attached hydrogen (secondary N) is 1. The van der Waals surface area contributed by atoms with E-state index in [2.05, 4.69) is 5.32 Å². The Hall–Kier alpha value is -3.13. The third kappa shape index (κ3) is 3.19. The maximum absolute atomic E-state index is 13.1. The zero-order valence-electron chi connectivity index (χ0n) is 17.1. The number of hydrogen-bond acceptors (Lipinski definition) is 5. The lowest BCUT2D eigenvalue weighted by atomic mass is 10.0. The minimum absolute atomic E-state index is 0.115. The molecule has 2 amide bonds. The fourth-order valence-electron chi connectivity index (χ4n) is 4.30. The predicted molar refractivity (Wildman–Crippen MR) is 135 cm³/mol. The zero-order valence-corrected chi connectivity index (χ0v) is 19.5. The van der Waals surface area contributed by atoms with Crippen molar-refractivity contribution in [2.75, 3.05) is 16.0 Å². The molecule has 2 aliphatic rings. The molecule has 162 valence electrons. The van der Waals surface area contributed by atoms with Crippen molar-refractivity contribution in [2.45, 2.75) is 4.87 Å². The van der Waals surface area contributed by atoms with Crippen LogP contribution >= 0.6 is 34.7 Å². The summed E-state index contributed by atoms with van der Waals surface area (Å²) in [5.41, 5.74) is 4.96. The Morgan fingerprint density at radius 1 is 0.970 bits per heavy atom. The first-order valence-corrected chi connectivity index (χ1v) is 12.5. The van der Waals surface area contributed by atoms with Crippen molar-refractivity contribution in [2.24, 2.45) is 0 Å². The van der Waals surface area contributed by atoms with Crippen molar-refractivity contribution in [3.05, 3.63) is 88.8 Å². The Labute approximate surface area is 203 Å². The van der Waals surface area contributed by atoms with Crippen LogP contribution in [0.3, 0.4) is 0 Å². The van der Waals surface area contributed by atoms with Gasteiger partial charge in [0.2, 0.25) is 10.8 Å². The number of amides is 2. The van der Waals surface area contributed by atoms with Crippen LogP contribution in [-0.4, -0.2) is 22.6 Å². The number of thiazole rings is 1. The van der Waals surface area contributed by atoms with Gasteiger partial charge in [-0.15, -0.1) is 23.1 Å². The molecule has 1 atom stereocenters. The van der Waals surface area contributed by atoms with Crippen LogP contribution in [0.15, 0.2) is 78.2 Å². The molecule has 33 heavy (non-hydrogen) atoms. The highest BCUT2D eigenvalue weighted by Gasteiger charge is 2.58. The lowest BCUT2D eigenvalue weighted by Gasteiger charge is -2.32. The molecule has 1 aromatic heterocycles. The lowest BCUT2D eigenvalue weighted by Crippen LogP contribution is -2.47. The van der Waals surface area contributed by atoms with Crippen LogP contribution in [0, 0.1) is 0 Å². The minimum atomic E-state index is -1.15. The number of carbonyl (C=O) groups is 2. The number of nitrogens with zero attached hydrogens (tertiary/aromatic N) is 2. The SMILES string of the molecule is O=C1CSC2(C(=O)Nc3ccc(Cl)cc32)N1c1ccc(-c2csc(-c3ccccc3)n2)cc1. The molecule has 3 aromatic carbocycles. The van der Waals surface area contributed by atoms with Gasteiger partial charge in [-0.1, -0.05) is 54.1 Å². The monoisotopic (exact) mass is 489 g/mol. The first kappa shape index (κ1) is 20.5. The Kier molecular flexibility index (Phi) is 4.79. The number of hydrogen-bond donors (Lipinski definition) is 1. The van der Waals surface area contributed by atoms with E-state index in [0.29, 0.717) is 22.0 Å². The van der Waals surface area contributed by atoms with E-state index in [-0.39, 0.29) is 17.6 Å². The fourth-order valence-corrected chi connectivity index (χ4v) is 6.61. The van der Waals surface area contributed by atoms with E-state index in [4.69, 9.17) is 16.6 Å². The molecule has 1 fully saturated rings. The standard InChI is InChI=1S/C25H16ClN3O2S2/c26-17-8-11-20-19(12-17)25(24(31)28-20)29(22(30)14-33-25)18-9-6-15(7-10-18)21-13-32-23(27-21)16-4-2-1-3-5-16/h1-13H,14H2,(H,28,31). The quantitative estimate of drug-likeness (QED) is 0.382. The Bertz CT molecular complexity index is 1400. The van der Waals surface area contributed by atoms with Gasteiger partial charge in [-0.05, 0) is 30.3 Å². The number of anilines is 2. The highest BCUT2D eigenvalue weighted by molar-refractivity contribution is 8.02. The highest BCUT2D eigenvalue weighted by atomic mass is 35.5. The van der Waals surface area contributed by atoms with E-state index >= 15 is 0 Å². The van der Waals surface area contributed by atoms with Gasteiger partial charge in [0.25, 0.3) is 5.91 Å². The van der Waals surface area contributed by atoms with Crippen molar-refractivity contribution in [1.82, 2.24) is 4.98 Å². The molecular weight excluding hydrogens is 474 g/mol. The number of aromatic nitrogens is 1. The number of thioether (sulfide) groups is 1. The van der Waals surface area contributed by atoms with Crippen LogP contribution in [0.25, 0.3) is 21.8 Å². The number of halogens is 1. The van der Waals surface area contributed by atoms with Crippen molar-refractivity contribution < 1.29 is 9.59 Å². The van der Waals surface area contributed by atoms with Crippen LogP contribution in [0.4, 0.5) is 11.4 Å². The summed E-state index contributed by atoms with van der Waals surface area (Å²) in [5, 5.41) is 6.42. The Morgan fingerprint density at radius 3 is 2.55 bits per heavy atom. The summed E-state index contributed by atoms with van der Waals surface area (Å²) in [6, 6.07) is 23.0. The van der Waals surface area contributed by atoms with Gasteiger partial charge >= 0.3 is 0 Å². The molecular formula is C25H16ClN3O2S2. The molecule has 0 bridgehead atoms. The number of benzene rings is 3. The van der Waals surface area contributed by atoms with Gasteiger partial charge in [0.15, 0.2) is 0 Å². The third-order valence-corrected chi connectivity index (χ3v) is 8.34. The maximum atomic E-state index is 13.1. The molecule has 1 saturated heterocycles. The summed E-state index contributed by atoms with van der Waals surface area (Å²) in [6.45, 7) is 0. The van der Waals surface area contributed by atoms with E-state index < -0.39 is 4.87 Å². The van der Waals surface area contributed by atoms with E-state index in [0.717, 1.165) is 21.8 Å². The van der Waals surface area contributed by atoms with Gasteiger partial charge < -0.3 is 5.32 Å². The maximum Gasteiger partial charge on any atom is 0.266 e. The van der Waals surface area contributed by atoms with Crippen molar-refractivity contribution in [1.29, 1.82) is 0 Å². The topological polar surface area (TPSA) is 62.3 Å². The smallest absolute Gasteiger partial charge is 0.266 e. The van der Waals surface area contributed by atoms with Crippen LogP contribution in [0.2, 0.25) is 5.02 Å². The number of fused-ring (bicyclic) bond motifs is 2. The minimum Gasteiger partial charge on any atom is -0.323 e. The molecule has 0 saturated carbocycles. The second-order valence-corrected chi connectivity index (χ2v) is 10.2. The van der Waals surface area contributed by atoms with Gasteiger partial charge in [0.05, 0.1) is 11.4 Å². The zero-order chi connectivity index (χ0) is 22.6. The number of rotatable bonds is 3.